The Hall–Kier alpha value is -2.21. The van der Waals surface area contributed by atoms with Crippen LogP contribution in [-0.4, -0.2) is 9.97 Å². The van der Waals surface area contributed by atoms with Crippen molar-refractivity contribution in [1.82, 2.24) is 9.97 Å². The first-order valence-electron chi connectivity index (χ1n) is 6.84. The first-order chi connectivity index (χ1) is 9.52. The van der Waals surface area contributed by atoms with Crippen LogP contribution < -0.4 is 0 Å². The third kappa shape index (κ3) is 2.85. The Bertz CT molecular complexity index is 654. The van der Waals surface area contributed by atoms with Crippen LogP contribution in [0.1, 0.15) is 36.8 Å². The molecule has 0 spiro atoms. The summed E-state index contributed by atoms with van der Waals surface area (Å²) >= 11 is 0. The molecule has 0 aliphatic rings. The van der Waals surface area contributed by atoms with Crippen molar-refractivity contribution in [2.24, 2.45) is 5.92 Å². The molecule has 0 saturated heterocycles. The fourth-order valence-electron chi connectivity index (χ4n) is 2.23. The number of nitriles is 1. The van der Waals surface area contributed by atoms with Gasteiger partial charge in [-0.05, 0) is 31.4 Å². The predicted octanol–water partition coefficient (Wildman–Crippen LogP) is 4.02. The molecule has 1 atom stereocenters. The lowest BCUT2D eigenvalue weighted by atomic mass is 9.96. The van der Waals surface area contributed by atoms with Gasteiger partial charge in [0.25, 0.3) is 0 Å². The maximum atomic E-state index is 9.33. The van der Waals surface area contributed by atoms with E-state index in [0.29, 0.717) is 5.82 Å². The summed E-state index contributed by atoms with van der Waals surface area (Å²) in [4.78, 5) is 9.07. The van der Waals surface area contributed by atoms with Crippen LogP contribution in [0.2, 0.25) is 0 Å². The van der Waals surface area contributed by atoms with E-state index in [4.69, 9.17) is 0 Å². The van der Waals surface area contributed by atoms with Crippen molar-refractivity contribution in [3.8, 4) is 17.3 Å². The predicted molar refractivity (Wildman–Crippen MR) is 80.1 cm³/mol. The number of rotatable bonds is 3. The molecule has 20 heavy (non-hydrogen) atoms. The Morgan fingerprint density at radius 3 is 2.40 bits per heavy atom. The quantitative estimate of drug-likeness (QED) is 0.842. The van der Waals surface area contributed by atoms with E-state index in [0.717, 1.165) is 17.0 Å². The van der Waals surface area contributed by atoms with Crippen molar-refractivity contribution < 1.29 is 0 Å². The van der Waals surface area contributed by atoms with Crippen LogP contribution in [-0.2, 0) is 0 Å². The summed E-state index contributed by atoms with van der Waals surface area (Å²) in [5.41, 5.74) is 4.06. The van der Waals surface area contributed by atoms with Gasteiger partial charge >= 0.3 is 0 Å². The van der Waals surface area contributed by atoms with Crippen molar-refractivity contribution >= 4 is 0 Å². The van der Waals surface area contributed by atoms with E-state index in [2.05, 4.69) is 35.1 Å². The Morgan fingerprint density at radius 2 is 1.80 bits per heavy atom. The number of hydrogen-bond donors (Lipinski definition) is 0. The molecule has 1 aromatic carbocycles. The lowest BCUT2D eigenvalue weighted by molar-refractivity contribution is 0.560. The van der Waals surface area contributed by atoms with Gasteiger partial charge in [0.1, 0.15) is 11.7 Å². The minimum atomic E-state index is -0.266. The average molecular weight is 265 g/mol. The molecular formula is C17H19N3. The van der Waals surface area contributed by atoms with Gasteiger partial charge in [-0.25, -0.2) is 9.97 Å². The van der Waals surface area contributed by atoms with Crippen LogP contribution in [0.4, 0.5) is 0 Å². The van der Waals surface area contributed by atoms with Crippen LogP contribution in [0.25, 0.3) is 11.3 Å². The standard InChI is InChI=1S/C17H19N3/c1-11(2)15(10-18)17-19-13(4)9-16(20-17)14-8-6-5-7-12(14)3/h5-9,11,15H,1-4H3. The molecule has 0 bridgehead atoms. The average Bonchev–Trinajstić information content (AvgIpc) is 2.39. The van der Waals surface area contributed by atoms with Crippen molar-refractivity contribution in [3.05, 3.63) is 47.4 Å². The molecule has 3 nitrogen and oxygen atoms in total. The van der Waals surface area contributed by atoms with Gasteiger partial charge in [-0.15, -0.1) is 0 Å². The number of nitrogens with zero attached hydrogens (tertiary/aromatic N) is 3. The SMILES string of the molecule is Cc1cc(-c2ccccc2C)nc(C(C#N)C(C)C)n1. The van der Waals surface area contributed by atoms with Crippen LogP contribution in [0, 0.1) is 31.1 Å². The second kappa shape index (κ2) is 5.83. The second-order valence-corrected chi connectivity index (χ2v) is 5.42. The zero-order chi connectivity index (χ0) is 14.7. The van der Waals surface area contributed by atoms with Gasteiger partial charge < -0.3 is 0 Å². The molecule has 1 aromatic heterocycles. The molecule has 102 valence electrons. The molecule has 0 aliphatic carbocycles. The van der Waals surface area contributed by atoms with E-state index in [-0.39, 0.29) is 11.8 Å². The second-order valence-electron chi connectivity index (χ2n) is 5.42. The molecule has 0 aliphatic heterocycles. The topological polar surface area (TPSA) is 49.6 Å². The smallest absolute Gasteiger partial charge is 0.146 e. The highest BCUT2D eigenvalue weighted by Crippen LogP contribution is 2.26. The van der Waals surface area contributed by atoms with Crippen LogP contribution in [0.5, 0.6) is 0 Å². The summed E-state index contributed by atoms with van der Waals surface area (Å²) in [6, 6.07) is 12.4. The van der Waals surface area contributed by atoms with Crippen molar-refractivity contribution in [2.45, 2.75) is 33.6 Å². The van der Waals surface area contributed by atoms with E-state index in [1.54, 1.807) is 0 Å². The van der Waals surface area contributed by atoms with Crippen molar-refractivity contribution in [2.75, 3.05) is 0 Å². The molecule has 2 rings (SSSR count). The summed E-state index contributed by atoms with van der Waals surface area (Å²) in [5, 5.41) is 9.33. The Kier molecular flexibility index (Phi) is 4.14. The normalized spacial score (nSPS) is 12.2. The highest BCUT2D eigenvalue weighted by molar-refractivity contribution is 5.63. The molecule has 1 heterocycles. The fourth-order valence-corrected chi connectivity index (χ4v) is 2.23. The van der Waals surface area contributed by atoms with E-state index >= 15 is 0 Å². The van der Waals surface area contributed by atoms with Gasteiger partial charge in [0.2, 0.25) is 0 Å². The maximum Gasteiger partial charge on any atom is 0.146 e. The van der Waals surface area contributed by atoms with Gasteiger partial charge in [0, 0.05) is 11.3 Å². The van der Waals surface area contributed by atoms with Gasteiger partial charge in [0.15, 0.2) is 0 Å². The largest absolute Gasteiger partial charge is 0.237 e. The summed E-state index contributed by atoms with van der Waals surface area (Å²) in [6.07, 6.45) is 0. The van der Waals surface area contributed by atoms with E-state index < -0.39 is 0 Å². The van der Waals surface area contributed by atoms with Gasteiger partial charge in [-0.2, -0.15) is 5.26 Å². The maximum absolute atomic E-state index is 9.33. The Labute approximate surface area is 120 Å². The highest BCUT2D eigenvalue weighted by Gasteiger charge is 2.19. The molecule has 1 unspecified atom stereocenters. The molecule has 0 amide bonds. The van der Waals surface area contributed by atoms with Crippen molar-refractivity contribution in [1.29, 1.82) is 5.26 Å². The van der Waals surface area contributed by atoms with Gasteiger partial charge in [0.05, 0.1) is 11.8 Å². The summed E-state index contributed by atoms with van der Waals surface area (Å²) in [7, 11) is 0. The van der Waals surface area contributed by atoms with Crippen LogP contribution in [0.15, 0.2) is 30.3 Å². The third-order valence-corrected chi connectivity index (χ3v) is 3.38. The molecule has 0 fully saturated rings. The highest BCUT2D eigenvalue weighted by atomic mass is 14.9. The minimum absolute atomic E-state index is 0.200. The number of benzene rings is 1. The number of hydrogen-bond acceptors (Lipinski definition) is 3. The third-order valence-electron chi connectivity index (χ3n) is 3.38. The molecule has 2 aromatic rings. The molecular weight excluding hydrogens is 246 g/mol. The Balaban J connectivity index is 2.55. The lowest BCUT2D eigenvalue weighted by Crippen LogP contribution is -2.10. The molecule has 3 heteroatoms. The zero-order valence-corrected chi connectivity index (χ0v) is 12.4. The number of aromatic nitrogens is 2. The summed E-state index contributed by atoms with van der Waals surface area (Å²) < 4.78 is 0. The summed E-state index contributed by atoms with van der Waals surface area (Å²) in [6.45, 7) is 8.05. The fraction of sp³-hybridized carbons (Fsp3) is 0.353. The zero-order valence-electron chi connectivity index (χ0n) is 12.4. The minimum Gasteiger partial charge on any atom is -0.237 e. The van der Waals surface area contributed by atoms with Gasteiger partial charge in [-0.1, -0.05) is 38.1 Å². The molecule has 0 N–H and O–H groups in total. The Morgan fingerprint density at radius 1 is 1.10 bits per heavy atom. The first-order valence-corrected chi connectivity index (χ1v) is 6.84. The first kappa shape index (κ1) is 14.2. The van der Waals surface area contributed by atoms with Crippen LogP contribution in [0.3, 0.4) is 0 Å². The molecule has 0 radical (unpaired) electrons. The van der Waals surface area contributed by atoms with Crippen molar-refractivity contribution in [3.63, 3.8) is 0 Å². The summed E-state index contributed by atoms with van der Waals surface area (Å²) in [5.74, 6) is 0.560. The number of aryl methyl sites for hydroxylation is 2. The lowest BCUT2D eigenvalue weighted by Gasteiger charge is -2.14. The van der Waals surface area contributed by atoms with E-state index in [1.165, 1.54) is 5.56 Å². The van der Waals surface area contributed by atoms with E-state index in [1.807, 2.05) is 39.0 Å². The van der Waals surface area contributed by atoms with Crippen LogP contribution >= 0.6 is 0 Å². The van der Waals surface area contributed by atoms with E-state index in [9.17, 15) is 5.26 Å². The monoisotopic (exact) mass is 265 g/mol. The van der Waals surface area contributed by atoms with Gasteiger partial charge in [-0.3, -0.25) is 0 Å². The molecule has 0 saturated carbocycles.